The van der Waals surface area contributed by atoms with Crippen molar-refractivity contribution >= 4 is 17.5 Å². The minimum Gasteiger partial charge on any atom is -0.333 e. The molecule has 1 aliphatic heterocycles. The number of aryl methyl sites for hydroxylation is 2. The van der Waals surface area contributed by atoms with Gasteiger partial charge < -0.3 is 10.2 Å². The number of benzene rings is 2. The number of carbonyl (C=O) groups excluding carboxylic acids is 1. The summed E-state index contributed by atoms with van der Waals surface area (Å²) in [5.74, 6) is 0.376. The Morgan fingerprint density at radius 1 is 1.07 bits per heavy atom. The van der Waals surface area contributed by atoms with Gasteiger partial charge in [0.2, 0.25) is 5.95 Å². The lowest BCUT2D eigenvalue weighted by atomic mass is 10.00. The molecule has 0 unspecified atom stereocenters. The lowest BCUT2D eigenvalue weighted by molar-refractivity contribution is 0.0728. The molecule has 3 aromatic rings. The van der Waals surface area contributed by atoms with Crippen LogP contribution in [0.5, 0.6) is 0 Å². The molecule has 0 saturated carbocycles. The molecule has 0 saturated heterocycles. The Kier molecular flexibility index (Phi) is 4.59. The van der Waals surface area contributed by atoms with Crippen molar-refractivity contribution in [2.45, 2.75) is 26.8 Å². The molecule has 0 radical (unpaired) electrons. The first-order chi connectivity index (χ1) is 13.1. The molecule has 1 aliphatic rings. The van der Waals surface area contributed by atoms with Crippen molar-refractivity contribution < 1.29 is 4.79 Å². The maximum Gasteiger partial charge on any atom is 0.272 e. The zero-order valence-electron chi connectivity index (χ0n) is 15.6. The number of anilines is 2. The van der Waals surface area contributed by atoms with E-state index in [2.05, 4.69) is 40.4 Å². The number of nitrogens with one attached hydrogen (secondary N) is 1. The quantitative estimate of drug-likeness (QED) is 0.768. The van der Waals surface area contributed by atoms with Crippen LogP contribution in [0.3, 0.4) is 0 Å². The van der Waals surface area contributed by atoms with Crippen molar-refractivity contribution in [2.24, 2.45) is 0 Å². The fourth-order valence-electron chi connectivity index (χ4n) is 3.44. The first kappa shape index (κ1) is 17.2. The molecule has 5 nitrogen and oxygen atoms in total. The molecule has 27 heavy (non-hydrogen) atoms. The fourth-order valence-corrected chi connectivity index (χ4v) is 3.44. The van der Waals surface area contributed by atoms with Crippen LogP contribution in [0, 0.1) is 13.8 Å². The van der Waals surface area contributed by atoms with Gasteiger partial charge in [0, 0.05) is 25.0 Å². The van der Waals surface area contributed by atoms with Gasteiger partial charge in [-0.2, -0.15) is 0 Å². The lowest BCUT2D eigenvalue weighted by Crippen LogP contribution is -2.36. The van der Waals surface area contributed by atoms with E-state index in [1.165, 1.54) is 16.7 Å². The van der Waals surface area contributed by atoms with E-state index in [1.807, 2.05) is 36.1 Å². The van der Waals surface area contributed by atoms with Crippen LogP contribution >= 0.6 is 0 Å². The maximum absolute atomic E-state index is 12.9. The highest BCUT2D eigenvalue weighted by Crippen LogP contribution is 2.22. The highest BCUT2D eigenvalue weighted by Gasteiger charge is 2.22. The third kappa shape index (κ3) is 3.67. The molecule has 5 heteroatoms. The zero-order chi connectivity index (χ0) is 18.8. The van der Waals surface area contributed by atoms with Gasteiger partial charge >= 0.3 is 0 Å². The van der Waals surface area contributed by atoms with Gasteiger partial charge in [-0.1, -0.05) is 42.0 Å². The van der Waals surface area contributed by atoms with Gasteiger partial charge in [0.1, 0.15) is 5.69 Å². The normalized spacial score (nSPS) is 13.2. The molecule has 0 atom stereocenters. The van der Waals surface area contributed by atoms with E-state index in [0.717, 1.165) is 17.7 Å². The van der Waals surface area contributed by atoms with Crippen molar-refractivity contribution in [3.8, 4) is 0 Å². The number of fused-ring (bicyclic) bond motifs is 1. The largest absolute Gasteiger partial charge is 0.333 e. The highest BCUT2D eigenvalue weighted by atomic mass is 16.2. The highest BCUT2D eigenvalue weighted by molar-refractivity contribution is 5.92. The maximum atomic E-state index is 12.9. The first-order valence-electron chi connectivity index (χ1n) is 9.13. The van der Waals surface area contributed by atoms with Gasteiger partial charge in [-0.25, -0.2) is 9.97 Å². The predicted molar refractivity (Wildman–Crippen MR) is 106 cm³/mol. The van der Waals surface area contributed by atoms with Gasteiger partial charge in [-0.3, -0.25) is 4.79 Å². The lowest BCUT2D eigenvalue weighted by Gasteiger charge is -2.28. The van der Waals surface area contributed by atoms with Gasteiger partial charge in [-0.05, 0) is 49.1 Å². The van der Waals surface area contributed by atoms with Crippen LogP contribution in [0.4, 0.5) is 11.6 Å². The minimum absolute atomic E-state index is 0.0596. The second-order valence-corrected chi connectivity index (χ2v) is 6.95. The molecule has 1 aromatic heterocycles. The summed E-state index contributed by atoms with van der Waals surface area (Å²) >= 11 is 0. The third-order valence-corrected chi connectivity index (χ3v) is 4.92. The molecular formula is C22H22N4O. The summed E-state index contributed by atoms with van der Waals surface area (Å²) < 4.78 is 0. The number of hydrogen-bond donors (Lipinski definition) is 1. The molecule has 0 spiro atoms. The molecule has 0 bridgehead atoms. The SMILES string of the molecule is Cc1ccc(Nc2nccc(C(=O)N3CCc4ccccc4C3)n2)c(C)c1. The summed E-state index contributed by atoms with van der Waals surface area (Å²) in [4.78, 5) is 23.5. The standard InChI is InChI=1S/C22H22N4O/c1-15-7-8-19(16(2)13-15)24-22-23-11-9-20(25-22)21(27)26-12-10-17-5-3-4-6-18(17)14-26/h3-9,11,13H,10,12,14H2,1-2H3,(H,23,24,25). The van der Waals surface area contributed by atoms with Crippen LogP contribution in [0.1, 0.15) is 32.7 Å². The second kappa shape index (κ2) is 7.19. The first-order valence-corrected chi connectivity index (χ1v) is 9.13. The predicted octanol–water partition coefficient (Wildman–Crippen LogP) is 4.04. The molecule has 0 aliphatic carbocycles. The molecule has 2 aromatic carbocycles. The van der Waals surface area contributed by atoms with Crippen LogP contribution in [0.2, 0.25) is 0 Å². The van der Waals surface area contributed by atoms with Crippen molar-refractivity contribution in [1.82, 2.24) is 14.9 Å². The van der Waals surface area contributed by atoms with Crippen molar-refractivity contribution in [3.05, 3.63) is 82.7 Å². The van der Waals surface area contributed by atoms with Gasteiger partial charge in [0.25, 0.3) is 5.91 Å². The number of amides is 1. The van der Waals surface area contributed by atoms with Crippen LogP contribution in [0.15, 0.2) is 54.7 Å². The molecule has 136 valence electrons. The Bertz CT molecular complexity index is 999. The minimum atomic E-state index is -0.0596. The average molecular weight is 358 g/mol. The van der Waals surface area contributed by atoms with Crippen LogP contribution in [-0.2, 0) is 13.0 Å². The topological polar surface area (TPSA) is 58.1 Å². The van der Waals surface area contributed by atoms with E-state index in [-0.39, 0.29) is 5.91 Å². The summed E-state index contributed by atoms with van der Waals surface area (Å²) in [6.45, 7) is 5.43. The van der Waals surface area contributed by atoms with Gasteiger partial charge in [0.05, 0.1) is 0 Å². The molecule has 4 rings (SSSR count). The van der Waals surface area contributed by atoms with Crippen molar-refractivity contribution in [2.75, 3.05) is 11.9 Å². The summed E-state index contributed by atoms with van der Waals surface area (Å²) in [5, 5.41) is 3.22. The van der Waals surface area contributed by atoms with E-state index >= 15 is 0 Å². The van der Waals surface area contributed by atoms with E-state index in [1.54, 1.807) is 12.3 Å². The Balaban J connectivity index is 1.53. The number of carbonyl (C=O) groups is 1. The van der Waals surface area contributed by atoms with Crippen LogP contribution in [0.25, 0.3) is 0 Å². The number of aromatic nitrogens is 2. The third-order valence-electron chi connectivity index (χ3n) is 4.92. The second-order valence-electron chi connectivity index (χ2n) is 6.95. The number of rotatable bonds is 3. The summed E-state index contributed by atoms with van der Waals surface area (Å²) in [6, 6.07) is 16.1. The van der Waals surface area contributed by atoms with Gasteiger partial charge in [-0.15, -0.1) is 0 Å². The molecule has 1 N–H and O–H groups in total. The Morgan fingerprint density at radius 2 is 1.89 bits per heavy atom. The smallest absolute Gasteiger partial charge is 0.272 e. The van der Waals surface area contributed by atoms with Crippen LogP contribution < -0.4 is 5.32 Å². The Labute approximate surface area is 159 Å². The Morgan fingerprint density at radius 3 is 2.70 bits per heavy atom. The van der Waals surface area contributed by atoms with Crippen LogP contribution in [-0.4, -0.2) is 27.3 Å². The van der Waals surface area contributed by atoms with Crippen molar-refractivity contribution in [1.29, 1.82) is 0 Å². The average Bonchev–Trinajstić information content (AvgIpc) is 2.69. The van der Waals surface area contributed by atoms with E-state index < -0.39 is 0 Å². The molecule has 1 amide bonds. The fraction of sp³-hybridized carbons (Fsp3) is 0.227. The van der Waals surface area contributed by atoms with E-state index in [9.17, 15) is 4.79 Å². The number of hydrogen-bond acceptors (Lipinski definition) is 4. The molecule has 0 fully saturated rings. The number of nitrogens with zero attached hydrogens (tertiary/aromatic N) is 3. The van der Waals surface area contributed by atoms with E-state index in [0.29, 0.717) is 24.7 Å². The zero-order valence-corrected chi connectivity index (χ0v) is 15.6. The summed E-state index contributed by atoms with van der Waals surface area (Å²) in [5.41, 5.74) is 6.20. The Hall–Kier alpha value is -3.21. The van der Waals surface area contributed by atoms with E-state index in [4.69, 9.17) is 0 Å². The molecular weight excluding hydrogens is 336 g/mol. The van der Waals surface area contributed by atoms with Crippen molar-refractivity contribution in [3.63, 3.8) is 0 Å². The summed E-state index contributed by atoms with van der Waals surface area (Å²) in [7, 11) is 0. The molecule has 2 heterocycles. The van der Waals surface area contributed by atoms with Gasteiger partial charge in [0.15, 0.2) is 0 Å². The summed E-state index contributed by atoms with van der Waals surface area (Å²) in [6.07, 6.45) is 2.50. The monoisotopic (exact) mass is 358 g/mol.